The standard InChI is InChI=1S/C21H24N3/c1-15(2)11-21-22-13-18(14-23-21)17-9-10-24(4)20(12-17)19-8-6-5-7-16(19)3/h5-10,12-15H,11H2,1-4H3/q+1/i11D2,15D. The van der Waals surface area contributed by atoms with Crippen LogP contribution in [-0.4, -0.2) is 9.97 Å². The topological polar surface area (TPSA) is 29.7 Å². The second-order valence-electron chi connectivity index (χ2n) is 6.15. The van der Waals surface area contributed by atoms with E-state index in [1.54, 1.807) is 12.4 Å². The van der Waals surface area contributed by atoms with Crippen molar-refractivity contribution in [2.24, 2.45) is 12.9 Å². The van der Waals surface area contributed by atoms with E-state index in [1.165, 1.54) is 19.4 Å². The first-order valence-electron chi connectivity index (χ1n) is 9.50. The molecule has 0 aliphatic rings. The molecule has 3 rings (SSSR count). The highest BCUT2D eigenvalue weighted by Gasteiger charge is 2.14. The number of rotatable bonds is 4. The van der Waals surface area contributed by atoms with Gasteiger partial charge in [-0.1, -0.05) is 32.0 Å². The van der Waals surface area contributed by atoms with E-state index in [2.05, 4.69) is 39.7 Å². The zero-order valence-corrected chi connectivity index (χ0v) is 14.5. The Morgan fingerprint density at radius 1 is 1.12 bits per heavy atom. The summed E-state index contributed by atoms with van der Waals surface area (Å²) >= 11 is 0. The molecule has 3 aromatic rings. The van der Waals surface area contributed by atoms with Gasteiger partial charge in [-0.2, -0.15) is 0 Å². The highest BCUT2D eigenvalue weighted by molar-refractivity contribution is 5.69. The van der Waals surface area contributed by atoms with Gasteiger partial charge in [0.2, 0.25) is 5.69 Å². The summed E-state index contributed by atoms with van der Waals surface area (Å²) in [5.41, 5.74) is 5.21. The van der Waals surface area contributed by atoms with Crippen molar-refractivity contribution in [2.75, 3.05) is 0 Å². The molecule has 24 heavy (non-hydrogen) atoms. The van der Waals surface area contributed by atoms with Gasteiger partial charge in [0.1, 0.15) is 12.9 Å². The molecular weight excluding hydrogens is 294 g/mol. The molecule has 3 heteroatoms. The average molecular weight is 321 g/mol. The smallest absolute Gasteiger partial charge is 0.213 e. The first-order chi connectivity index (χ1) is 12.6. The largest absolute Gasteiger partial charge is 0.241 e. The molecule has 0 atom stereocenters. The van der Waals surface area contributed by atoms with E-state index in [9.17, 15) is 0 Å². The molecule has 0 unspecified atom stereocenters. The Hall–Kier alpha value is -2.55. The first-order valence-corrected chi connectivity index (χ1v) is 8.00. The minimum atomic E-state index is -1.93. The van der Waals surface area contributed by atoms with Crippen LogP contribution in [0.1, 0.15) is 29.3 Å². The molecule has 0 amide bonds. The Morgan fingerprint density at radius 2 is 1.83 bits per heavy atom. The Kier molecular flexibility index (Phi) is 3.69. The summed E-state index contributed by atoms with van der Waals surface area (Å²) in [5.74, 6) is -1.29. The number of hydrogen-bond donors (Lipinski definition) is 0. The van der Waals surface area contributed by atoms with E-state index in [0.717, 1.165) is 22.4 Å². The fourth-order valence-corrected chi connectivity index (χ4v) is 2.64. The van der Waals surface area contributed by atoms with Crippen molar-refractivity contribution in [1.82, 2.24) is 9.97 Å². The maximum atomic E-state index is 8.14. The maximum Gasteiger partial charge on any atom is 0.213 e. The van der Waals surface area contributed by atoms with E-state index in [1.807, 2.05) is 31.4 Å². The fourth-order valence-electron chi connectivity index (χ4n) is 2.64. The zero-order valence-electron chi connectivity index (χ0n) is 17.5. The highest BCUT2D eigenvalue weighted by atomic mass is 14.9. The normalized spacial score (nSPS) is 13.9. The van der Waals surface area contributed by atoms with Crippen LogP contribution in [0, 0.1) is 12.8 Å². The molecule has 3 nitrogen and oxygen atoms in total. The lowest BCUT2D eigenvalue weighted by atomic mass is 10.0. The van der Waals surface area contributed by atoms with Crippen LogP contribution in [0.5, 0.6) is 0 Å². The molecule has 1 aromatic carbocycles. The molecule has 0 fully saturated rings. The lowest BCUT2D eigenvalue weighted by Gasteiger charge is -2.07. The third kappa shape index (κ3) is 3.51. The number of hydrogen-bond acceptors (Lipinski definition) is 2. The molecule has 0 spiro atoms. The summed E-state index contributed by atoms with van der Waals surface area (Å²) < 4.78 is 26.4. The summed E-state index contributed by atoms with van der Waals surface area (Å²) in [4.78, 5) is 8.45. The molecule has 2 aromatic heterocycles. The molecule has 0 aliphatic heterocycles. The summed E-state index contributed by atoms with van der Waals surface area (Å²) in [5, 5.41) is 0. The van der Waals surface area contributed by atoms with Gasteiger partial charge in [0.05, 0.1) is 0 Å². The van der Waals surface area contributed by atoms with Crippen molar-refractivity contribution in [3.63, 3.8) is 0 Å². The predicted molar refractivity (Wildman–Crippen MR) is 97.4 cm³/mol. The molecule has 122 valence electrons. The number of aryl methyl sites for hydroxylation is 2. The lowest BCUT2D eigenvalue weighted by molar-refractivity contribution is -0.660. The number of nitrogens with zero attached hydrogens (tertiary/aromatic N) is 3. The van der Waals surface area contributed by atoms with Crippen LogP contribution < -0.4 is 4.57 Å². The quantitative estimate of drug-likeness (QED) is 0.676. The van der Waals surface area contributed by atoms with E-state index in [-0.39, 0.29) is 5.82 Å². The fraction of sp³-hybridized carbons (Fsp3) is 0.286. The van der Waals surface area contributed by atoms with Crippen LogP contribution in [0.3, 0.4) is 0 Å². The van der Waals surface area contributed by atoms with Gasteiger partial charge in [-0.05, 0) is 30.0 Å². The van der Waals surface area contributed by atoms with Crippen LogP contribution in [0.2, 0.25) is 0 Å². The Balaban J connectivity index is 2.01. The van der Waals surface area contributed by atoms with Crippen molar-refractivity contribution in [3.05, 3.63) is 66.4 Å². The summed E-state index contributed by atoms with van der Waals surface area (Å²) in [6.07, 6.45) is 3.32. The van der Waals surface area contributed by atoms with Gasteiger partial charge in [-0.25, -0.2) is 14.5 Å². The van der Waals surface area contributed by atoms with Gasteiger partial charge in [-0.3, -0.25) is 0 Å². The van der Waals surface area contributed by atoms with Crippen LogP contribution >= 0.6 is 0 Å². The van der Waals surface area contributed by atoms with Crippen molar-refractivity contribution in [3.8, 4) is 22.4 Å². The number of pyridine rings is 1. The van der Waals surface area contributed by atoms with E-state index in [4.69, 9.17) is 4.11 Å². The molecule has 0 N–H and O–H groups in total. The highest BCUT2D eigenvalue weighted by Crippen LogP contribution is 2.25. The third-order valence-electron chi connectivity index (χ3n) is 3.92. The van der Waals surface area contributed by atoms with Crippen molar-refractivity contribution < 1.29 is 8.68 Å². The van der Waals surface area contributed by atoms with Crippen LogP contribution in [0.25, 0.3) is 22.4 Å². The Morgan fingerprint density at radius 3 is 2.50 bits per heavy atom. The molecule has 0 radical (unpaired) electrons. The zero-order chi connectivity index (χ0) is 19.8. The molecular formula is C21H24N3+. The van der Waals surface area contributed by atoms with Gasteiger partial charge in [0.25, 0.3) is 0 Å². The number of benzene rings is 1. The second-order valence-corrected chi connectivity index (χ2v) is 6.15. The Bertz CT molecular complexity index is 961. The predicted octanol–water partition coefficient (Wildman–Crippen LogP) is 4.14. The second kappa shape index (κ2) is 6.91. The minimum Gasteiger partial charge on any atom is -0.241 e. The van der Waals surface area contributed by atoms with E-state index >= 15 is 0 Å². The van der Waals surface area contributed by atoms with Crippen LogP contribution in [0.4, 0.5) is 0 Å². The van der Waals surface area contributed by atoms with Gasteiger partial charge in [-0.15, -0.1) is 0 Å². The summed E-state index contributed by atoms with van der Waals surface area (Å²) in [6.45, 7) is 5.14. The van der Waals surface area contributed by atoms with Gasteiger partial charge in [0.15, 0.2) is 6.20 Å². The van der Waals surface area contributed by atoms with Gasteiger partial charge in [0, 0.05) is 46.1 Å². The molecule has 0 bridgehead atoms. The summed E-state index contributed by atoms with van der Waals surface area (Å²) in [6, 6.07) is 12.3. The average Bonchev–Trinajstić information content (AvgIpc) is 2.62. The third-order valence-corrected chi connectivity index (χ3v) is 3.92. The van der Waals surface area contributed by atoms with Crippen LogP contribution in [0.15, 0.2) is 55.0 Å². The van der Waals surface area contributed by atoms with E-state index in [0.29, 0.717) is 0 Å². The minimum absolute atomic E-state index is 0.0341. The molecule has 0 saturated heterocycles. The first kappa shape index (κ1) is 12.8. The monoisotopic (exact) mass is 321 g/mol. The SMILES string of the molecule is [2H]C(C)(C)C([2H])([2H])c1ncc(-c2cc[n+](C)c(-c3ccccc3C)c2)cn1. The molecule has 0 saturated carbocycles. The van der Waals surface area contributed by atoms with E-state index < -0.39 is 12.3 Å². The summed E-state index contributed by atoms with van der Waals surface area (Å²) in [7, 11) is 2.01. The number of aromatic nitrogens is 3. The van der Waals surface area contributed by atoms with Gasteiger partial charge >= 0.3 is 0 Å². The van der Waals surface area contributed by atoms with Gasteiger partial charge < -0.3 is 0 Å². The van der Waals surface area contributed by atoms with Crippen molar-refractivity contribution in [1.29, 1.82) is 0 Å². The van der Waals surface area contributed by atoms with Crippen molar-refractivity contribution >= 4 is 0 Å². The molecule has 0 aliphatic carbocycles. The Labute approximate surface area is 148 Å². The lowest BCUT2D eigenvalue weighted by Crippen LogP contribution is -2.30. The maximum absolute atomic E-state index is 8.14. The van der Waals surface area contributed by atoms with Crippen molar-refractivity contribution in [2.45, 2.75) is 27.1 Å². The molecule has 2 heterocycles. The van der Waals surface area contributed by atoms with Crippen LogP contribution in [-0.2, 0) is 13.4 Å².